The molecule has 0 spiro atoms. The normalized spacial score (nSPS) is 15.2. The van der Waals surface area contributed by atoms with E-state index in [1.165, 1.54) is 6.42 Å². The van der Waals surface area contributed by atoms with E-state index in [1.54, 1.807) is 24.3 Å². The van der Waals surface area contributed by atoms with Crippen LogP contribution in [0.1, 0.15) is 47.1 Å². The average molecular weight is 398 g/mol. The van der Waals surface area contributed by atoms with Crippen molar-refractivity contribution in [1.82, 2.24) is 15.5 Å². The molecule has 1 aliphatic rings. The number of hydrogen-bond donors (Lipinski definition) is 1. The van der Waals surface area contributed by atoms with Crippen LogP contribution in [0.25, 0.3) is 0 Å². The SMILES string of the molecule is O=C(NC(c1ccccc1)c1nnc(N2CCCCC2)o1)c1cc(F)ccc1F. The standard InChI is InChI=1S/C21H20F2N4O2/c22-15-9-10-17(23)16(13-15)19(28)24-18(14-7-3-1-4-8-14)20-25-26-21(29-20)27-11-5-2-6-12-27/h1,3-4,7-10,13,18H,2,5-6,11-12H2,(H,24,28). The Bertz CT molecular complexity index is 987. The summed E-state index contributed by atoms with van der Waals surface area (Å²) < 4.78 is 33.4. The molecule has 2 heterocycles. The number of piperidine rings is 1. The van der Waals surface area contributed by atoms with Gasteiger partial charge in [-0.05, 0) is 43.0 Å². The molecule has 150 valence electrons. The van der Waals surface area contributed by atoms with Crippen LogP contribution in [0.4, 0.5) is 14.8 Å². The van der Waals surface area contributed by atoms with Gasteiger partial charge in [-0.15, -0.1) is 5.10 Å². The number of anilines is 1. The van der Waals surface area contributed by atoms with Gasteiger partial charge in [0.2, 0.25) is 5.89 Å². The van der Waals surface area contributed by atoms with Crippen LogP contribution in [0.5, 0.6) is 0 Å². The largest absolute Gasteiger partial charge is 0.405 e. The van der Waals surface area contributed by atoms with Crippen LogP contribution in [0.2, 0.25) is 0 Å². The summed E-state index contributed by atoms with van der Waals surface area (Å²) in [5, 5.41) is 10.9. The predicted octanol–water partition coefficient (Wildman–Crippen LogP) is 3.86. The average Bonchev–Trinajstić information content (AvgIpc) is 3.25. The van der Waals surface area contributed by atoms with E-state index in [2.05, 4.69) is 15.5 Å². The lowest BCUT2D eigenvalue weighted by Crippen LogP contribution is -2.30. The summed E-state index contributed by atoms with van der Waals surface area (Å²) in [5.41, 5.74) is 0.299. The zero-order chi connectivity index (χ0) is 20.2. The molecule has 1 fully saturated rings. The Morgan fingerprint density at radius 1 is 1.03 bits per heavy atom. The first-order valence-electron chi connectivity index (χ1n) is 9.51. The van der Waals surface area contributed by atoms with Crippen molar-refractivity contribution >= 4 is 11.9 Å². The van der Waals surface area contributed by atoms with Crippen molar-refractivity contribution in [3.8, 4) is 0 Å². The van der Waals surface area contributed by atoms with Gasteiger partial charge in [0.15, 0.2) is 0 Å². The molecule has 0 aliphatic carbocycles. The highest BCUT2D eigenvalue weighted by Gasteiger charge is 2.26. The van der Waals surface area contributed by atoms with Crippen molar-refractivity contribution in [2.75, 3.05) is 18.0 Å². The van der Waals surface area contributed by atoms with Gasteiger partial charge in [-0.2, -0.15) is 0 Å². The van der Waals surface area contributed by atoms with Crippen LogP contribution < -0.4 is 10.2 Å². The van der Waals surface area contributed by atoms with Crippen molar-refractivity contribution in [1.29, 1.82) is 0 Å². The molecule has 3 aromatic rings. The highest BCUT2D eigenvalue weighted by Crippen LogP contribution is 2.26. The highest BCUT2D eigenvalue weighted by molar-refractivity contribution is 5.94. The van der Waals surface area contributed by atoms with E-state index in [0.717, 1.165) is 44.1 Å². The van der Waals surface area contributed by atoms with Crippen molar-refractivity contribution in [3.05, 3.63) is 77.2 Å². The van der Waals surface area contributed by atoms with E-state index < -0.39 is 23.6 Å². The monoisotopic (exact) mass is 398 g/mol. The van der Waals surface area contributed by atoms with E-state index in [9.17, 15) is 13.6 Å². The summed E-state index contributed by atoms with van der Waals surface area (Å²) in [6.07, 6.45) is 3.27. The third-order valence-corrected chi connectivity index (χ3v) is 4.88. The Balaban J connectivity index is 1.63. The maximum Gasteiger partial charge on any atom is 0.318 e. The minimum atomic E-state index is -0.810. The molecule has 1 atom stereocenters. The second-order valence-electron chi connectivity index (χ2n) is 6.91. The lowest BCUT2D eigenvalue weighted by molar-refractivity contribution is 0.0933. The van der Waals surface area contributed by atoms with Crippen LogP contribution in [0, 0.1) is 11.6 Å². The number of benzene rings is 2. The molecule has 1 aromatic heterocycles. The molecular formula is C21H20F2N4O2. The molecule has 1 aliphatic heterocycles. The topological polar surface area (TPSA) is 71.3 Å². The van der Waals surface area contributed by atoms with Gasteiger partial charge in [0.05, 0.1) is 5.56 Å². The number of aromatic nitrogens is 2. The van der Waals surface area contributed by atoms with E-state index in [0.29, 0.717) is 11.6 Å². The van der Waals surface area contributed by atoms with Gasteiger partial charge in [0.1, 0.15) is 17.7 Å². The van der Waals surface area contributed by atoms with Gasteiger partial charge in [-0.25, -0.2) is 8.78 Å². The molecule has 29 heavy (non-hydrogen) atoms. The summed E-state index contributed by atoms with van der Waals surface area (Å²) in [6, 6.07) is 11.4. The Morgan fingerprint density at radius 3 is 2.55 bits per heavy atom. The molecule has 8 heteroatoms. The highest BCUT2D eigenvalue weighted by atomic mass is 19.1. The fraction of sp³-hybridized carbons (Fsp3) is 0.286. The third-order valence-electron chi connectivity index (χ3n) is 4.88. The van der Waals surface area contributed by atoms with Crippen molar-refractivity contribution in [2.24, 2.45) is 0 Å². The summed E-state index contributed by atoms with van der Waals surface area (Å²) in [7, 11) is 0. The molecular weight excluding hydrogens is 378 g/mol. The quantitative estimate of drug-likeness (QED) is 0.707. The Morgan fingerprint density at radius 2 is 1.79 bits per heavy atom. The van der Waals surface area contributed by atoms with Crippen LogP contribution >= 0.6 is 0 Å². The number of amides is 1. The number of nitrogens with one attached hydrogen (secondary N) is 1. The number of rotatable bonds is 5. The van der Waals surface area contributed by atoms with Crippen molar-refractivity contribution in [2.45, 2.75) is 25.3 Å². The van der Waals surface area contributed by atoms with E-state index in [-0.39, 0.29) is 11.5 Å². The van der Waals surface area contributed by atoms with Gasteiger partial charge in [-0.3, -0.25) is 4.79 Å². The minimum Gasteiger partial charge on any atom is -0.405 e. The first kappa shape index (κ1) is 19.0. The molecule has 0 radical (unpaired) electrons. The number of halogens is 2. The Labute approximate surface area is 166 Å². The molecule has 1 unspecified atom stereocenters. The molecule has 1 amide bonds. The fourth-order valence-corrected chi connectivity index (χ4v) is 3.37. The lowest BCUT2D eigenvalue weighted by Gasteiger charge is -2.24. The Kier molecular flexibility index (Phi) is 5.50. The summed E-state index contributed by atoms with van der Waals surface area (Å²) in [6.45, 7) is 1.66. The third kappa shape index (κ3) is 4.26. The number of carbonyl (C=O) groups is 1. The second-order valence-corrected chi connectivity index (χ2v) is 6.91. The van der Waals surface area contributed by atoms with Gasteiger partial charge < -0.3 is 14.6 Å². The van der Waals surface area contributed by atoms with Crippen LogP contribution in [-0.2, 0) is 0 Å². The van der Waals surface area contributed by atoms with E-state index >= 15 is 0 Å². The molecule has 4 rings (SSSR count). The number of hydrogen-bond acceptors (Lipinski definition) is 5. The zero-order valence-electron chi connectivity index (χ0n) is 15.6. The van der Waals surface area contributed by atoms with Gasteiger partial charge in [0, 0.05) is 13.1 Å². The molecule has 6 nitrogen and oxygen atoms in total. The predicted molar refractivity (Wildman–Crippen MR) is 102 cm³/mol. The maximum absolute atomic E-state index is 14.0. The van der Waals surface area contributed by atoms with Crippen LogP contribution in [-0.4, -0.2) is 29.2 Å². The lowest BCUT2D eigenvalue weighted by atomic mass is 10.1. The van der Waals surface area contributed by atoms with E-state index in [1.807, 2.05) is 11.0 Å². The molecule has 1 N–H and O–H groups in total. The zero-order valence-corrected chi connectivity index (χ0v) is 15.6. The molecule has 1 saturated heterocycles. The molecule has 2 aromatic carbocycles. The maximum atomic E-state index is 14.0. The minimum absolute atomic E-state index is 0.182. The van der Waals surface area contributed by atoms with Crippen LogP contribution in [0.3, 0.4) is 0 Å². The number of carbonyl (C=O) groups excluding carboxylic acids is 1. The fourth-order valence-electron chi connectivity index (χ4n) is 3.37. The summed E-state index contributed by atoms with van der Waals surface area (Å²) >= 11 is 0. The van der Waals surface area contributed by atoms with Crippen molar-refractivity contribution in [3.63, 3.8) is 0 Å². The van der Waals surface area contributed by atoms with E-state index in [4.69, 9.17) is 4.42 Å². The first-order valence-corrected chi connectivity index (χ1v) is 9.51. The Hall–Kier alpha value is -3.29. The van der Waals surface area contributed by atoms with Gasteiger partial charge >= 0.3 is 6.01 Å². The summed E-state index contributed by atoms with van der Waals surface area (Å²) in [4.78, 5) is 14.7. The van der Waals surface area contributed by atoms with Crippen molar-refractivity contribution < 1.29 is 18.0 Å². The molecule has 0 bridgehead atoms. The summed E-state index contributed by atoms with van der Waals surface area (Å²) in [5.74, 6) is -2.09. The molecule has 0 saturated carbocycles. The van der Waals surface area contributed by atoms with Crippen LogP contribution in [0.15, 0.2) is 52.9 Å². The number of nitrogens with zero attached hydrogens (tertiary/aromatic N) is 3. The van der Waals surface area contributed by atoms with Gasteiger partial charge in [0.25, 0.3) is 5.91 Å². The first-order chi connectivity index (χ1) is 14.1. The second kappa shape index (κ2) is 8.38. The smallest absolute Gasteiger partial charge is 0.318 e. The van der Waals surface area contributed by atoms with Gasteiger partial charge in [-0.1, -0.05) is 35.4 Å².